The number of hydrogen-bond acceptors (Lipinski definition) is 9. The summed E-state index contributed by atoms with van der Waals surface area (Å²) in [6.45, 7) is -0.122. The molecule has 210 valence electrons. The first-order valence-electron chi connectivity index (χ1n) is 11.6. The molecular formula is C26H23F3N4O5S2. The highest BCUT2D eigenvalue weighted by Crippen LogP contribution is 2.37. The quantitative estimate of drug-likeness (QED) is 0.186. The van der Waals surface area contributed by atoms with Gasteiger partial charge in [0.15, 0.2) is 11.0 Å². The fourth-order valence-electron chi connectivity index (χ4n) is 3.54. The molecular weight excluding hydrogens is 569 g/mol. The number of anilines is 1. The lowest BCUT2D eigenvalue weighted by atomic mass is 10.0. The second-order valence-corrected chi connectivity index (χ2v) is 10.0. The summed E-state index contributed by atoms with van der Waals surface area (Å²) in [5.41, 5.74) is 0.790. The van der Waals surface area contributed by atoms with Crippen molar-refractivity contribution in [2.75, 3.05) is 25.3 Å². The van der Waals surface area contributed by atoms with Crippen molar-refractivity contribution < 1.29 is 37.0 Å². The van der Waals surface area contributed by atoms with Crippen LogP contribution in [0.15, 0.2) is 59.1 Å². The van der Waals surface area contributed by atoms with Crippen LogP contribution in [0.4, 0.5) is 18.2 Å². The molecule has 0 fully saturated rings. The summed E-state index contributed by atoms with van der Waals surface area (Å²) in [6, 6.07) is 11.7. The van der Waals surface area contributed by atoms with Crippen molar-refractivity contribution in [3.05, 3.63) is 70.9 Å². The van der Waals surface area contributed by atoms with Crippen LogP contribution in [-0.4, -0.2) is 46.6 Å². The summed E-state index contributed by atoms with van der Waals surface area (Å²) in [4.78, 5) is 25.3. The van der Waals surface area contributed by atoms with Gasteiger partial charge in [-0.1, -0.05) is 30.0 Å². The van der Waals surface area contributed by atoms with Gasteiger partial charge in [0.25, 0.3) is 0 Å². The normalized spacial score (nSPS) is 11.2. The molecule has 0 spiro atoms. The summed E-state index contributed by atoms with van der Waals surface area (Å²) in [6.07, 6.45) is -4.48. The van der Waals surface area contributed by atoms with Gasteiger partial charge in [-0.05, 0) is 35.9 Å². The molecule has 0 saturated carbocycles. The van der Waals surface area contributed by atoms with Crippen LogP contribution in [0, 0.1) is 0 Å². The molecule has 4 aromatic rings. The number of rotatable bonds is 10. The number of esters is 1. The van der Waals surface area contributed by atoms with Gasteiger partial charge in [-0.2, -0.15) is 13.2 Å². The number of alkyl halides is 3. The number of thioether (sulfide) groups is 1. The largest absolute Gasteiger partial charge is 0.497 e. The third-order valence-electron chi connectivity index (χ3n) is 5.62. The lowest BCUT2D eigenvalue weighted by molar-refractivity contribution is -0.137. The number of aromatic nitrogens is 3. The molecule has 1 amide bonds. The number of carbonyl (C=O) groups excluding carboxylic acids is 2. The molecule has 0 atom stereocenters. The van der Waals surface area contributed by atoms with E-state index in [1.54, 1.807) is 48.4 Å². The third kappa shape index (κ3) is 6.74. The fraction of sp³-hybridized carbons (Fsp3) is 0.231. The van der Waals surface area contributed by atoms with Crippen molar-refractivity contribution in [2.45, 2.75) is 17.9 Å². The Morgan fingerprint density at radius 2 is 1.82 bits per heavy atom. The zero-order valence-corrected chi connectivity index (χ0v) is 23.1. The highest BCUT2D eigenvalue weighted by Gasteiger charge is 2.30. The van der Waals surface area contributed by atoms with E-state index in [0.717, 1.165) is 29.5 Å². The highest BCUT2D eigenvalue weighted by molar-refractivity contribution is 7.99. The molecule has 2 aromatic heterocycles. The zero-order valence-electron chi connectivity index (χ0n) is 21.4. The Bertz CT molecular complexity index is 1500. The standard InChI is InChI=1S/C26H23F3N4O5S2/c1-33-20(12-38-18-6-4-5-16(11-18)26(27,28)29)31-32-25(33)40-14-21(34)30-23-22(24(35)37-3)19(13-39-23)15-7-9-17(36-2)10-8-15/h4-11,13H,12,14H2,1-3H3,(H,30,34). The predicted molar refractivity (Wildman–Crippen MR) is 144 cm³/mol. The maximum absolute atomic E-state index is 12.9. The van der Waals surface area contributed by atoms with E-state index in [-0.39, 0.29) is 29.6 Å². The van der Waals surface area contributed by atoms with Gasteiger partial charge >= 0.3 is 12.1 Å². The zero-order chi connectivity index (χ0) is 28.9. The number of halogens is 3. The van der Waals surface area contributed by atoms with E-state index in [2.05, 4.69) is 15.5 Å². The number of ether oxygens (including phenoxy) is 3. The molecule has 0 radical (unpaired) electrons. The average molecular weight is 593 g/mol. The average Bonchev–Trinajstić information content (AvgIpc) is 3.52. The van der Waals surface area contributed by atoms with E-state index in [1.807, 2.05) is 0 Å². The molecule has 2 heterocycles. The Hall–Kier alpha value is -4.04. The van der Waals surface area contributed by atoms with Crippen molar-refractivity contribution in [1.29, 1.82) is 0 Å². The topological polar surface area (TPSA) is 105 Å². The van der Waals surface area contributed by atoms with E-state index < -0.39 is 17.7 Å². The third-order valence-corrected chi connectivity index (χ3v) is 7.54. The van der Waals surface area contributed by atoms with Gasteiger partial charge in [0.05, 0.1) is 25.5 Å². The van der Waals surface area contributed by atoms with Crippen LogP contribution in [0.3, 0.4) is 0 Å². The van der Waals surface area contributed by atoms with Gasteiger partial charge < -0.3 is 24.1 Å². The molecule has 14 heteroatoms. The van der Waals surface area contributed by atoms with Crippen LogP contribution in [0.5, 0.6) is 11.5 Å². The van der Waals surface area contributed by atoms with E-state index in [4.69, 9.17) is 14.2 Å². The van der Waals surface area contributed by atoms with E-state index in [1.165, 1.54) is 30.6 Å². The number of thiophene rings is 1. The molecule has 0 saturated heterocycles. The van der Waals surface area contributed by atoms with Crippen LogP contribution >= 0.6 is 23.1 Å². The lowest BCUT2D eigenvalue weighted by Gasteiger charge is -2.10. The molecule has 1 N–H and O–H groups in total. The monoisotopic (exact) mass is 592 g/mol. The van der Waals surface area contributed by atoms with Crippen molar-refractivity contribution in [3.8, 4) is 22.6 Å². The molecule has 0 unspecified atom stereocenters. The van der Waals surface area contributed by atoms with Gasteiger partial charge in [-0.25, -0.2) is 4.79 Å². The fourth-order valence-corrected chi connectivity index (χ4v) is 5.24. The predicted octanol–water partition coefficient (Wildman–Crippen LogP) is 5.67. The minimum Gasteiger partial charge on any atom is -0.497 e. The summed E-state index contributed by atoms with van der Waals surface area (Å²) in [5.74, 6) is 0.0418. The number of methoxy groups -OCH3 is 2. The van der Waals surface area contributed by atoms with Gasteiger partial charge in [0, 0.05) is 18.0 Å². The lowest BCUT2D eigenvalue weighted by Crippen LogP contribution is -2.16. The molecule has 9 nitrogen and oxygen atoms in total. The number of carbonyl (C=O) groups is 2. The van der Waals surface area contributed by atoms with Crippen LogP contribution in [0.25, 0.3) is 11.1 Å². The van der Waals surface area contributed by atoms with Crippen LogP contribution < -0.4 is 14.8 Å². The number of nitrogens with zero attached hydrogens (tertiary/aromatic N) is 3. The molecule has 0 aliphatic heterocycles. The Labute approximate surface area is 235 Å². The minimum atomic E-state index is -4.48. The van der Waals surface area contributed by atoms with E-state index >= 15 is 0 Å². The molecule has 2 aromatic carbocycles. The molecule has 0 aliphatic rings. The Balaban J connectivity index is 1.39. The second-order valence-electron chi connectivity index (χ2n) is 8.18. The first-order chi connectivity index (χ1) is 19.1. The Morgan fingerprint density at radius 3 is 2.50 bits per heavy atom. The molecule has 4 rings (SSSR count). The number of hydrogen-bond donors (Lipinski definition) is 1. The first kappa shape index (κ1) is 29.0. The SMILES string of the molecule is COC(=O)c1c(-c2ccc(OC)cc2)csc1NC(=O)CSc1nnc(COc2cccc(C(F)(F)F)c2)n1C. The second kappa shape index (κ2) is 12.4. The van der Waals surface area contributed by atoms with Crippen molar-refractivity contribution in [3.63, 3.8) is 0 Å². The van der Waals surface area contributed by atoms with Crippen LogP contribution in [0.1, 0.15) is 21.7 Å². The summed E-state index contributed by atoms with van der Waals surface area (Å²) < 4.78 is 56.0. The summed E-state index contributed by atoms with van der Waals surface area (Å²) in [5, 5.41) is 13.3. The molecule has 0 aliphatic carbocycles. The maximum Gasteiger partial charge on any atom is 0.416 e. The molecule has 40 heavy (non-hydrogen) atoms. The van der Waals surface area contributed by atoms with E-state index in [9.17, 15) is 22.8 Å². The minimum absolute atomic E-state index is 0.0396. The smallest absolute Gasteiger partial charge is 0.416 e. The van der Waals surface area contributed by atoms with Crippen LogP contribution in [0.2, 0.25) is 0 Å². The first-order valence-corrected chi connectivity index (χ1v) is 13.4. The van der Waals surface area contributed by atoms with Gasteiger partial charge in [-0.15, -0.1) is 21.5 Å². The van der Waals surface area contributed by atoms with Crippen molar-refractivity contribution in [2.24, 2.45) is 7.05 Å². The summed E-state index contributed by atoms with van der Waals surface area (Å²) in [7, 11) is 4.48. The molecule has 0 bridgehead atoms. The number of amides is 1. The Kier molecular flexibility index (Phi) is 9.00. The number of benzene rings is 2. The van der Waals surface area contributed by atoms with Gasteiger partial charge in [0.2, 0.25) is 5.91 Å². The maximum atomic E-state index is 12.9. The Morgan fingerprint density at radius 1 is 1.07 bits per heavy atom. The van der Waals surface area contributed by atoms with Crippen LogP contribution in [-0.2, 0) is 29.4 Å². The van der Waals surface area contributed by atoms with Crippen molar-refractivity contribution >= 4 is 40.0 Å². The highest BCUT2D eigenvalue weighted by atomic mass is 32.2. The number of nitrogens with one attached hydrogen (secondary N) is 1. The van der Waals surface area contributed by atoms with Gasteiger partial charge in [-0.3, -0.25) is 4.79 Å². The summed E-state index contributed by atoms with van der Waals surface area (Å²) >= 11 is 2.29. The van der Waals surface area contributed by atoms with Crippen molar-refractivity contribution in [1.82, 2.24) is 14.8 Å². The van der Waals surface area contributed by atoms with E-state index in [0.29, 0.717) is 27.3 Å². The van der Waals surface area contributed by atoms with Gasteiger partial charge in [0.1, 0.15) is 28.7 Å².